The van der Waals surface area contributed by atoms with Gasteiger partial charge in [0.1, 0.15) is 5.75 Å². The lowest BCUT2D eigenvalue weighted by Crippen LogP contribution is -2.40. The van der Waals surface area contributed by atoms with E-state index in [9.17, 15) is 5.11 Å². The van der Waals surface area contributed by atoms with Crippen LogP contribution >= 0.6 is 0 Å². The number of aryl methyl sites for hydroxylation is 2. The molecule has 32 heavy (non-hydrogen) atoms. The molecule has 6 heteroatoms. The van der Waals surface area contributed by atoms with Gasteiger partial charge in [0, 0.05) is 26.2 Å². The fourth-order valence-electron chi connectivity index (χ4n) is 3.66. The van der Waals surface area contributed by atoms with Crippen molar-refractivity contribution >= 4 is 0 Å². The number of hydrogen-bond acceptors (Lipinski definition) is 5. The highest BCUT2D eigenvalue weighted by Crippen LogP contribution is 2.32. The molecule has 0 amide bonds. The molecule has 2 atom stereocenters. The zero-order valence-electron chi connectivity index (χ0n) is 19.8. The summed E-state index contributed by atoms with van der Waals surface area (Å²) < 4.78 is 13.4. The normalized spacial score (nSPS) is 13.3. The second-order valence-electron chi connectivity index (χ2n) is 8.33. The molecule has 0 aliphatic carbocycles. The van der Waals surface area contributed by atoms with Crippen LogP contribution in [-0.2, 0) is 11.3 Å². The molecule has 1 N–H and O–H groups in total. The maximum Gasteiger partial charge on any atom is 0.227 e. The molecule has 6 nitrogen and oxygen atoms in total. The van der Waals surface area contributed by atoms with Crippen molar-refractivity contribution in [1.82, 2.24) is 14.7 Å². The van der Waals surface area contributed by atoms with Gasteiger partial charge < -0.3 is 14.6 Å². The zero-order chi connectivity index (χ0) is 23.1. The Kier molecular flexibility index (Phi) is 8.45. The molecule has 1 aromatic heterocycles. The van der Waals surface area contributed by atoms with Crippen molar-refractivity contribution in [2.45, 2.75) is 52.8 Å². The Bertz CT molecular complexity index is 970. The van der Waals surface area contributed by atoms with Crippen LogP contribution in [0.4, 0.5) is 0 Å². The third-order valence-electron chi connectivity index (χ3n) is 5.75. The SMILES string of the molecule is CC[C@@H](C)N(Cc1c(C)nn(-c2ccccc2)c1Oc1ccc(C)cc1)C[C@@H](O)COC. The molecule has 0 spiro atoms. The molecule has 172 valence electrons. The third kappa shape index (κ3) is 5.97. The summed E-state index contributed by atoms with van der Waals surface area (Å²) in [6.45, 7) is 9.85. The first-order valence-electron chi connectivity index (χ1n) is 11.2. The predicted octanol–water partition coefficient (Wildman–Crippen LogP) is 4.89. The van der Waals surface area contributed by atoms with Crippen molar-refractivity contribution in [3.63, 3.8) is 0 Å². The molecule has 0 saturated carbocycles. The van der Waals surface area contributed by atoms with E-state index in [-0.39, 0.29) is 6.04 Å². The second-order valence-corrected chi connectivity index (χ2v) is 8.33. The Morgan fingerprint density at radius 2 is 1.75 bits per heavy atom. The van der Waals surface area contributed by atoms with Gasteiger partial charge in [-0.25, -0.2) is 4.68 Å². The van der Waals surface area contributed by atoms with Crippen LogP contribution in [0.15, 0.2) is 54.6 Å². The quantitative estimate of drug-likeness (QED) is 0.463. The van der Waals surface area contributed by atoms with Crippen molar-refractivity contribution in [2.75, 3.05) is 20.3 Å². The average Bonchev–Trinajstić information content (AvgIpc) is 3.10. The minimum absolute atomic E-state index is 0.285. The summed E-state index contributed by atoms with van der Waals surface area (Å²) in [4.78, 5) is 2.27. The third-order valence-corrected chi connectivity index (χ3v) is 5.75. The molecular formula is C26H35N3O3. The van der Waals surface area contributed by atoms with E-state index < -0.39 is 6.10 Å². The first-order chi connectivity index (χ1) is 15.4. The van der Waals surface area contributed by atoms with Crippen LogP contribution in [0.3, 0.4) is 0 Å². The lowest BCUT2D eigenvalue weighted by atomic mass is 10.1. The van der Waals surface area contributed by atoms with Gasteiger partial charge in [-0.05, 0) is 51.5 Å². The van der Waals surface area contributed by atoms with Crippen molar-refractivity contribution in [3.05, 3.63) is 71.4 Å². The molecular weight excluding hydrogens is 402 g/mol. The smallest absolute Gasteiger partial charge is 0.227 e. The number of benzene rings is 2. The van der Waals surface area contributed by atoms with Gasteiger partial charge >= 0.3 is 0 Å². The first-order valence-corrected chi connectivity index (χ1v) is 11.2. The van der Waals surface area contributed by atoms with E-state index in [0.717, 1.165) is 29.1 Å². The number of ether oxygens (including phenoxy) is 2. The molecule has 0 aliphatic heterocycles. The maximum atomic E-state index is 10.4. The summed E-state index contributed by atoms with van der Waals surface area (Å²) in [7, 11) is 1.61. The number of methoxy groups -OCH3 is 1. The van der Waals surface area contributed by atoms with E-state index in [0.29, 0.717) is 25.6 Å². The predicted molar refractivity (Wildman–Crippen MR) is 128 cm³/mol. The molecule has 2 aromatic carbocycles. The fourth-order valence-corrected chi connectivity index (χ4v) is 3.66. The molecule has 0 fully saturated rings. The summed E-state index contributed by atoms with van der Waals surface area (Å²) in [6.07, 6.45) is 0.416. The van der Waals surface area contributed by atoms with Crippen molar-refractivity contribution < 1.29 is 14.6 Å². The lowest BCUT2D eigenvalue weighted by molar-refractivity contribution is 0.0252. The maximum absolute atomic E-state index is 10.4. The van der Waals surface area contributed by atoms with E-state index in [1.165, 1.54) is 5.56 Å². The molecule has 0 radical (unpaired) electrons. The summed E-state index contributed by atoms with van der Waals surface area (Å²) in [6, 6.07) is 18.3. The van der Waals surface area contributed by atoms with Gasteiger partial charge in [-0.2, -0.15) is 5.10 Å². The summed E-state index contributed by atoms with van der Waals surface area (Å²) in [5.41, 5.74) is 4.05. The van der Waals surface area contributed by atoms with E-state index in [1.807, 2.05) is 66.2 Å². The van der Waals surface area contributed by atoms with Gasteiger partial charge in [0.15, 0.2) is 0 Å². The average molecular weight is 438 g/mol. The van der Waals surface area contributed by atoms with Crippen molar-refractivity contribution in [2.24, 2.45) is 0 Å². The van der Waals surface area contributed by atoms with Gasteiger partial charge in [0.05, 0.1) is 29.7 Å². The number of aromatic nitrogens is 2. The number of aliphatic hydroxyl groups excluding tert-OH is 1. The summed E-state index contributed by atoms with van der Waals surface area (Å²) >= 11 is 0. The Balaban J connectivity index is 2.01. The minimum Gasteiger partial charge on any atom is -0.439 e. The fraction of sp³-hybridized carbons (Fsp3) is 0.423. The largest absolute Gasteiger partial charge is 0.439 e. The minimum atomic E-state index is -0.556. The first kappa shape index (κ1) is 24.0. The summed E-state index contributed by atoms with van der Waals surface area (Å²) in [5.74, 6) is 1.47. The standard InChI is InChI=1S/C26H35N3O3/c1-6-20(3)28(16-23(30)18-31-5)17-25-21(4)27-29(22-10-8-7-9-11-22)26(25)32-24-14-12-19(2)13-15-24/h7-15,20,23,30H,6,16-18H2,1-5H3/t20-,23-/m1/s1. The van der Waals surface area contributed by atoms with Crippen LogP contribution in [0.1, 0.15) is 37.1 Å². The van der Waals surface area contributed by atoms with E-state index in [2.05, 4.69) is 25.7 Å². The molecule has 3 aromatic rings. The van der Waals surface area contributed by atoms with Crippen LogP contribution < -0.4 is 4.74 Å². The van der Waals surface area contributed by atoms with Gasteiger partial charge in [-0.15, -0.1) is 0 Å². The van der Waals surface area contributed by atoms with Crippen LogP contribution in [-0.4, -0.2) is 52.2 Å². The van der Waals surface area contributed by atoms with Gasteiger partial charge in [0.25, 0.3) is 0 Å². The molecule has 0 bridgehead atoms. The molecule has 0 unspecified atom stereocenters. The number of aliphatic hydroxyl groups is 1. The number of nitrogens with zero attached hydrogens (tertiary/aromatic N) is 3. The zero-order valence-corrected chi connectivity index (χ0v) is 19.8. The number of para-hydroxylation sites is 1. The highest BCUT2D eigenvalue weighted by Gasteiger charge is 2.24. The van der Waals surface area contributed by atoms with E-state index in [4.69, 9.17) is 14.6 Å². The van der Waals surface area contributed by atoms with E-state index >= 15 is 0 Å². The molecule has 1 heterocycles. The van der Waals surface area contributed by atoms with Crippen LogP contribution in [0.25, 0.3) is 5.69 Å². The van der Waals surface area contributed by atoms with Gasteiger partial charge in [-0.3, -0.25) is 4.90 Å². The Labute approximate surface area is 191 Å². The number of hydrogen-bond donors (Lipinski definition) is 1. The monoisotopic (exact) mass is 437 g/mol. The summed E-state index contributed by atoms with van der Waals surface area (Å²) in [5, 5.41) is 15.2. The van der Waals surface area contributed by atoms with E-state index in [1.54, 1.807) is 7.11 Å². The van der Waals surface area contributed by atoms with Gasteiger partial charge in [-0.1, -0.05) is 42.8 Å². The molecule has 0 saturated heterocycles. The highest BCUT2D eigenvalue weighted by molar-refractivity contribution is 5.43. The lowest BCUT2D eigenvalue weighted by Gasteiger charge is -2.30. The molecule has 3 rings (SSSR count). The van der Waals surface area contributed by atoms with Crippen molar-refractivity contribution in [3.8, 4) is 17.3 Å². The molecule has 0 aliphatic rings. The highest BCUT2D eigenvalue weighted by atomic mass is 16.5. The Hall–Kier alpha value is -2.67. The number of rotatable bonds is 11. The Morgan fingerprint density at radius 1 is 1.06 bits per heavy atom. The van der Waals surface area contributed by atoms with Gasteiger partial charge in [0.2, 0.25) is 5.88 Å². The van der Waals surface area contributed by atoms with Crippen LogP contribution in [0.2, 0.25) is 0 Å². The topological polar surface area (TPSA) is 59.8 Å². The second kappa shape index (κ2) is 11.3. The van der Waals surface area contributed by atoms with Crippen molar-refractivity contribution in [1.29, 1.82) is 0 Å². The Morgan fingerprint density at radius 3 is 2.38 bits per heavy atom. The van der Waals surface area contributed by atoms with Crippen LogP contribution in [0.5, 0.6) is 11.6 Å². The van der Waals surface area contributed by atoms with Crippen LogP contribution in [0, 0.1) is 13.8 Å².